The van der Waals surface area contributed by atoms with Crippen molar-refractivity contribution < 1.29 is 69.3 Å². The van der Waals surface area contributed by atoms with Gasteiger partial charge >= 0.3 is 58.4 Å². The van der Waals surface area contributed by atoms with E-state index in [2.05, 4.69) is 0 Å². The Balaban J connectivity index is 0.00000196. The van der Waals surface area contributed by atoms with Gasteiger partial charge < -0.3 is 12.9 Å². The third-order valence-electron chi connectivity index (χ3n) is 1.67. The summed E-state index contributed by atoms with van der Waals surface area (Å²) in [5.41, 5.74) is -1.23. The molecule has 0 saturated heterocycles. The average molecular weight is 243 g/mol. The number of benzene rings is 1. The molecule has 0 bridgehead atoms. The Labute approximate surface area is 127 Å². The van der Waals surface area contributed by atoms with Crippen LogP contribution in [0.25, 0.3) is 0 Å². The van der Waals surface area contributed by atoms with Crippen LogP contribution in [0.15, 0.2) is 18.2 Å². The summed E-state index contributed by atoms with van der Waals surface area (Å²) in [6, 6.07) is 2.55. The van der Waals surface area contributed by atoms with E-state index < -0.39 is 23.1 Å². The van der Waals surface area contributed by atoms with Crippen molar-refractivity contribution in [1.82, 2.24) is 0 Å². The summed E-state index contributed by atoms with van der Waals surface area (Å²) < 4.78 is 36.8. The number of nitro groups is 1. The van der Waals surface area contributed by atoms with Gasteiger partial charge in [-0.15, -0.1) is 5.46 Å². The van der Waals surface area contributed by atoms with E-state index in [1.165, 1.54) is 6.92 Å². The molecule has 0 atom stereocenters. The Morgan fingerprint density at radius 1 is 1.27 bits per heavy atom. The van der Waals surface area contributed by atoms with Gasteiger partial charge in [0.25, 0.3) is 5.69 Å². The smallest absolute Gasteiger partial charge is 0.445 e. The summed E-state index contributed by atoms with van der Waals surface area (Å²) in [6.07, 6.45) is 0. The molecule has 0 aliphatic carbocycles. The summed E-state index contributed by atoms with van der Waals surface area (Å²) in [4.78, 5) is 9.44. The first-order valence-corrected chi connectivity index (χ1v) is 3.76. The molecule has 76 valence electrons. The maximum Gasteiger partial charge on any atom is 1.00 e. The fraction of sp³-hybridized carbons (Fsp3) is 0.143. The minimum atomic E-state index is -5.18. The van der Waals surface area contributed by atoms with Crippen molar-refractivity contribution in [1.29, 1.82) is 0 Å². The van der Waals surface area contributed by atoms with Crippen LogP contribution in [0.1, 0.15) is 5.56 Å². The summed E-state index contributed by atoms with van der Waals surface area (Å²) in [7, 11) is 0. The Morgan fingerprint density at radius 2 is 1.80 bits per heavy atom. The molecule has 0 heterocycles. The molecular weight excluding hydrogens is 237 g/mol. The van der Waals surface area contributed by atoms with Crippen molar-refractivity contribution in [3.05, 3.63) is 33.9 Å². The molecule has 1 rings (SSSR count). The second kappa shape index (κ2) is 5.44. The van der Waals surface area contributed by atoms with Gasteiger partial charge in [0.05, 0.1) is 4.92 Å². The number of nitrogens with zero attached hydrogens (tertiary/aromatic N) is 1. The van der Waals surface area contributed by atoms with Gasteiger partial charge in [-0.1, -0.05) is 6.07 Å². The van der Waals surface area contributed by atoms with E-state index in [9.17, 15) is 23.1 Å². The van der Waals surface area contributed by atoms with E-state index in [1.807, 2.05) is 0 Å². The predicted octanol–water partition coefficient (Wildman–Crippen LogP) is -1.04. The molecule has 1 aromatic carbocycles. The molecular formula is C7H6BF3KNO2. The van der Waals surface area contributed by atoms with Crippen molar-refractivity contribution in [3.63, 3.8) is 0 Å². The SMILES string of the molecule is Cc1cc([N+](=O)[O-])cc([B-](F)(F)F)c1.[K+]. The number of hydrogen-bond donors (Lipinski definition) is 0. The molecule has 0 aliphatic rings. The quantitative estimate of drug-likeness (QED) is 0.378. The predicted molar refractivity (Wildman–Crippen MR) is 46.5 cm³/mol. The summed E-state index contributed by atoms with van der Waals surface area (Å²) in [5.74, 6) is 0. The van der Waals surface area contributed by atoms with Gasteiger partial charge in [-0.25, -0.2) is 0 Å². The van der Waals surface area contributed by atoms with Crippen LogP contribution in [0.5, 0.6) is 0 Å². The van der Waals surface area contributed by atoms with Crippen LogP contribution in [0.3, 0.4) is 0 Å². The van der Waals surface area contributed by atoms with Crippen LogP contribution in [0.4, 0.5) is 18.6 Å². The zero-order valence-corrected chi connectivity index (χ0v) is 11.3. The monoisotopic (exact) mass is 243 g/mol. The summed E-state index contributed by atoms with van der Waals surface area (Å²) >= 11 is 0. The molecule has 0 aliphatic heterocycles. The molecule has 0 unspecified atom stereocenters. The van der Waals surface area contributed by atoms with E-state index in [4.69, 9.17) is 0 Å². The Morgan fingerprint density at radius 3 is 2.20 bits per heavy atom. The average Bonchev–Trinajstić information content (AvgIpc) is 2.01. The maximum absolute atomic E-state index is 12.3. The molecule has 0 radical (unpaired) electrons. The Kier molecular flexibility index (Phi) is 5.48. The minimum absolute atomic E-state index is 0. The Bertz CT molecular complexity index is 383. The second-order valence-corrected chi connectivity index (χ2v) is 2.93. The van der Waals surface area contributed by atoms with E-state index in [-0.39, 0.29) is 56.9 Å². The van der Waals surface area contributed by atoms with Crippen LogP contribution in [0.2, 0.25) is 0 Å². The van der Waals surface area contributed by atoms with Crippen molar-refractivity contribution in [2.45, 2.75) is 6.92 Å². The third-order valence-corrected chi connectivity index (χ3v) is 1.67. The number of aryl methyl sites for hydroxylation is 1. The van der Waals surface area contributed by atoms with Crippen LogP contribution in [-0.4, -0.2) is 11.9 Å². The molecule has 3 nitrogen and oxygen atoms in total. The van der Waals surface area contributed by atoms with Gasteiger partial charge in [-0.05, 0) is 18.6 Å². The van der Waals surface area contributed by atoms with Crippen molar-refractivity contribution >= 4 is 18.1 Å². The molecule has 8 heteroatoms. The van der Waals surface area contributed by atoms with Crippen LogP contribution < -0.4 is 56.8 Å². The first kappa shape index (κ1) is 15.1. The molecule has 15 heavy (non-hydrogen) atoms. The standard InChI is InChI=1S/C7H6BF3NO2.K/c1-5-2-6(8(9,10)11)4-7(3-5)12(13)14;/h2-4H,1H3;/q-1;+1. The number of rotatable bonds is 2. The van der Waals surface area contributed by atoms with Gasteiger partial charge in [0.15, 0.2) is 0 Å². The molecule has 1 aromatic rings. The van der Waals surface area contributed by atoms with Crippen LogP contribution in [-0.2, 0) is 0 Å². The second-order valence-electron chi connectivity index (χ2n) is 2.93. The van der Waals surface area contributed by atoms with Crippen molar-refractivity contribution in [2.24, 2.45) is 0 Å². The van der Waals surface area contributed by atoms with Gasteiger partial charge in [-0.3, -0.25) is 10.1 Å². The van der Waals surface area contributed by atoms with Gasteiger partial charge in [0.2, 0.25) is 0 Å². The number of non-ortho nitro benzene ring substituents is 1. The minimum Gasteiger partial charge on any atom is -0.445 e. The molecule has 0 saturated carbocycles. The Hall–Kier alpha value is 0.111. The van der Waals surface area contributed by atoms with Gasteiger partial charge in [0.1, 0.15) is 0 Å². The maximum atomic E-state index is 12.3. The van der Waals surface area contributed by atoms with Crippen LogP contribution >= 0.6 is 0 Å². The third kappa shape index (κ3) is 4.23. The van der Waals surface area contributed by atoms with E-state index in [1.54, 1.807) is 0 Å². The number of halogens is 3. The summed E-state index contributed by atoms with van der Waals surface area (Å²) in [6.45, 7) is -3.79. The normalized spacial score (nSPS) is 10.7. The first-order valence-electron chi connectivity index (χ1n) is 3.76. The fourth-order valence-electron chi connectivity index (χ4n) is 1.09. The number of nitro benzene ring substituents is 1. The molecule has 0 fully saturated rings. The zero-order valence-electron chi connectivity index (χ0n) is 8.21. The molecule has 0 amide bonds. The van der Waals surface area contributed by atoms with Crippen molar-refractivity contribution in [2.75, 3.05) is 0 Å². The topological polar surface area (TPSA) is 43.1 Å². The van der Waals surface area contributed by atoms with Gasteiger partial charge in [0, 0.05) is 6.07 Å². The zero-order chi connectivity index (χ0) is 10.9. The summed E-state index contributed by atoms with van der Waals surface area (Å²) in [5, 5.41) is 10.3. The van der Waals surface area contributed by atoms with Gasteiger partial charge in [-0.2, -0.15) is 0 Å². The first-order chi connectivity index (χ1) is 6.30. The van der Waals surface area contributed by atoms with E-state index >= 15 is 0 Å². The molecule has 0 aromatic heterocycles. The van der Waals surface area contributed by atoms with E-state index in [0.717, 1.165) is 12.1 Å². The van der Waals surface area contributed by atoms with Crippen molar-refractivity contribution in [3.8, 4) is 0 Å². The number of hydrogen-bond acceptors (Lipinski definition) is 2. The largest absolute Gasteiger partial charge is 1.00 e. The fourth-order valence-corrected chi connectivity index (χ4v) is 1.09. The van der Waals surface area contributed by atoms with Crippen LogP contribution in [0, 0.1) is 17.0 Å². The molecule has 0 N–H and O–H groups in total. The molecule has 0 spiro atoms. The van der Waals surface area contributed by atoms with E-state index in [0.29, 0.717) is 6.07 Å².